The van der Waals surface area contributed by atoms with Crippen molar-refractivity contribution in [3.05, 3.63) is 24.2 Å². The van der Waals surface area contributed by atoms with Crippen molar-refractivity contribution in [2.24, 2.45) is 10.2 Å². The van der Waals surface area contributed by atoms with Crippen LogP contribution >= 0.6 is 11.8 Å². The van der Waals surface area contributed by atoms with Crippen LogP contribution < -0.4 is 5.32 Å². The van der Waals surface area contributed by atoms with Crippen molar-refractivity contribution >= 4 is 35.0 Å². The second-order valence-corrected chi connectivity index (χ2v) is 4.55. The first-order valence-electron chi connectivity index (χ1n) is 4.99. The molecule has 1 saturated heterocycles. The van der Waals surface area contributed by atoms with Gasteiger partial charge < -0.3 is 14.8 Å². The molecule has 0 saturated carbocycles. The van der Waals surface area contributed by atoms with Gasteiger partial charge in [0.15, 0.2) is 5.17 Å². The number of amidine groups is 1. The number of nitrogens with one attached hydrogen (secondary N) is 1. The lowest BCUT2D eigenvalue weighted by Crippen LogP contribution is -2.40. The summed E-state index contributed by atoms with van der Waals surface area (Å²) in [4.78, 5) is 22.0. The third kappa shape index (κ3) is 3.20. The van der Waals surface area contributed by atoms with Gasteiger partial charge in [0, 0.05) is 6.42 Å². The second-order valence-electron chi connectivity index (χ2n) is 3.36. The fourth-order valence-electron chi connectivity index (χ4n) is 1.23. The fourth-order valence-corrected chi connectivity index (χ4v) is 2.11. The molecule has 0 aromatic carbocycles. The van der Waals surface area contributed by atoms with Crippen LogP contribution in [-0.2, 0) is 9.59 Å². The summed E-state index contributed by atoms with van der Waals surface area (Å²) in [5.41, 5.74) is 0. The number of carbonyl (C=O) groups is 2. The van der Waals surface area contributed by atoms with Crippen LogP contribution in [0.4, 0.5) is 0 Å². The number of aliphatic carboxylic acids is 1. The van der Waals surface area contributed by atoms with E-state index in [0.29, 0.717) is 5.76 Å². The number of thioether (sulfide) groups is 1. The Morgan fingerprint density at radius 2 is 2.50 bits per heavy atom. The minimum Gasteiger partial charge on any atom is -0.480 e. The van der Waals surface area contributed by atoms with Gasteiger partial charge in [-0.3, -0.25) is 9.59 Å². The van der Waals surface area contributed by atoms with Crippen molar-refractivity contribution in [3.8, 4) is 0 Å². The number of carbonyl (C=O) groups excluding carboxylic acids is 1. The highest BCUT2D eigenvalue weighted by atomic mass is 32.2. The number of rotatable bonds is 3. The quantitative estimate of drug-likeness (QED) is 0.619. The zero-order chi connectivity index (χ0) is 13.0. The van der Waals surface area contributed by atoms with E-state index in [-0.39, 0.29) is 17.5 Å². The molecule has 1 atom stereocenters. The van der Waals surface area contributed by atoms with Crippen LogP contribution in [-0.4, -0.2) is 33.6 Å². The van der Waals surface area contributed by atoms with Crippen LogP contribution in [0.25, 0.3) is 0 Å². The van der Waals surface area contributed by atoms with Crippen molar-refractivity contribution in [3.63, 3.8) is 0 Å². The summed E-state index contributed by atoms with van der Waals surface area (Å²) in [5, 5.41) is 18.1. The fraction of sp³-hybridized carbons (Fsp3) is 0.200. The number of amides is 1. The van der Waals surface area contributed by atoms with E-state index in [4.69, 9.17) is 9.52 Å². The van der Waals surface area contributed by atoms with Gasteiger partial charge in [-0.05, 0) is 12.1 Å². The molecule has 2 heterocycles. The average Bonchev–Trinajstić information content (AvgIpc) is 2.81. The highest BCUT2D eigenvalue weighted by molar-refractivity contribution is 8.15. The molecule has 18 heavy (non-hydrogen) atoms. The van der Waals surface area contributed by atoms with Crippen molar-refractivity contribution in [1.82, 2.24) is 5.32 Å². The molecular weight excluding hydrogens is 258 g/mol. The van der Waals surface area contributed by atoms with Crippen LogP contribution in [0, 0.1) is 0 Å². The van der Waals surface area contributed by atoms with Crippen molar-refractivity contribution in [2.45, 2.75) is 11.7 Å². The van der Waals surface area contributed by atoms with E-state index in [0.717, 1.165) is 11.8 Å². The molecule has 0 bridgehead atoms. The van der Waals surface area contributed by atoms with Crippen LogP contribution in [0.1, 0.15) is 12.2 Å². The summed E-state index contributed by atoms with van der Waals surface area (Å²) < 4.78 is 5.00. The average molecular weight is 267 g/mol. The number of hydrogen-bond acceptors (Lipinski definition) is 6. The summed E-state index contributed by atoms with van der Waals surface area (Å²) in [7, 11) is 0. The number of furan rings is 1. The number of hydrogen-bond donors (Lipinski definition) is 2. The summed E-state index contributed by atoms with van der Waals surface area (Å²) >= 11 is 0.955. The predicted molar refractivity (Wildman–Crippen MR) is 65.5 cm³/mol. The molecule has 7 nitrogen and oxygen atoms in total. The van der Waals surface area contributed by atoms with E-state index in [1.807, 2.05) is 0 Å². The molecular formula is C10H9N3O4S. The maximum absolute atomic E-state index is 11.2. The molecule has 1 aliphatic rings. The molecule has 0 unspecified atom stereocenters. The topological polar surface area (TPSA) is 104 Å². The Labute approximate surface area is 106 Å². The van der Waals surface area contributed by atoms with Gasteiger partial charge in [-0.2, -0.15) is 5.10 Å². The lowest BCUT2D eigenvalue weighted by Gasteiger charge is -2.18. The molecule has 1 amide bonds. The van der Waals surface area contributed by atoms with E-state index in [1.54, 1.807) is 12.1 Å². The highest BCUT2D eigenvalue weighted by Crippen LogP contribution is 2.20. The lowest BCUT2D eigenvalue weighted by molar-refractivity contribution is -0.138. The Kier molecular flexibility index (Phi) is 3.78. The second kappa shape index (κ2) is 5.50. The first-order valence-corrected chi connectivity index (χ1v) is 5.87. The minimum atomic E-state index is -1.04. The van der Waals surface area contributed by atoms with Gasteiger partial charge >= 0.3 is 5.97 Å². The monoisotopic (exact) mass is 267 g/mol. The number of nitrogens with zero attached hydrogens (tertiary/aromatic N) is 2. The molecule has 1 aromatic heterocycles. The highest BCUT2D eigenvalue weighted by Gasteiger charge is 2.29. The first-order chi connectivity index (χ1) is 8.65. The van der Waals surface area contributed by atoms with Crippen LogP contribution in [0.15, 0.2) is 33.0 Å². The smallest absolute Gasteiger partial charge is 0.317 e. The SMILES string of the molecule is O=C1C[C@H](C(=O)O)SC(=NN=Cc2ccco2)N1. The predicted octanol–water partition coefficient (Wildman–Crippen LogP) is 0.676. The molecule has 2 N–H and O–H groups in total. The summed E-state index contributed by atoms with van der Waals surface area (Å²) in [6.07, 6.45) is 2.79. The molecule has 1 fully saturated rings. The molecule has 94 valence electrons. The zero-order valence-corrected chi connectivity index (χ0v) is 9.88. The standard InChI is InChI=1S/C10H9N3O4S/c14-8-4-7(9(15)16)18-10(12-8)13-11-5-6-2-1-3-17-6/h1-3,5,7H,4H2,(H,15,16)(H,12,13,14)/t7-/m1/s1. The van der Waals surface area contributed by atoms with Gasteiger partial charge in [0.1, 0.15) is 11.0 Å². The van der Waals surface area contributed by atoms with Gasteiger partial charge in [-0.15, -0.1) is 5.10 Å². The van der Waals surface area contributed by atoms with Crippen molar-refractivity contribution < 1.29 is 19.1 Å². The Bertz CT molecular complexity index is 509. The lowest BCUT2D eigenvalue weighted by atomic mass is 10.3. The summed E-state index contributed by atoms with van der Waals surface area (Å²) in [6, 6.07) is 3.39. The van der Waals surface area contributed by atoms with Gasteiger partial charge in [-0.25, -0.2) is 0 Å². The number of carboxylic acids is 1. The van der Waals surface area contributed by atoms with E-state index < -0.39 is 11.2 Å². The molecule has 0 spiro atoms. The van der Waals surface area contributed by atoms with Crippen molar-refractivity contribution in [1.29, 1.82) is 0 Å². The first kappa shape index (κ1) is 12.4. The van der Waals surface area contributed by atoms with Gasteiger partial charge in [0.25, 0.3) is 0 Å². The Morgan fingerprint density at radius 3 is 3.17 bits per heavy atom. The van der Waals surface area contributed by atoms with Crippen molar-refractivity contribution in [2.75, 3.05) is 0 Å². The Morgan fingerprint density at radius 1 is 1.67 bits per heavy atom. The summed E-state index contributed by atoms with van der Waals surface area (Å²) in [5.74, 6) is -0.910. The minimum absolute atomic E-state index is 0.0685. The molecule has 1 aliphatic heterocycles. The maximum atomic E-state index is 11.2. The summed E-state index contributed by atoms with van der Waals surface area (Å²) in [6.45, 7) is 0. The molecule has 8 heteroatoms. The van der Waals surface area contributed by atoms with E-state index in [1.165, 1.54) is 12.5 Å². The third-order valence-electron chi connectivity index (χ3n) is 2.02. The molecule has 2 rings (SSSR count). The van der Waals surface area contributed by atoms with Gasteiger partial charge in [-0.1, -0.05) is 11.8 Å². The van der Waals surface area contributed by atoms with Crippen LogP contribution in [0.3, 0.4) is 0 Å². The van der Waals surface area contributed by atoms with Crippen LogP contribution in [0.2, 0.25) is 0 Å². The maximum Gasteiger partial charge on any atom is 0.317 e. The normalized spacial score (nSPS) is 22.3. The van der Waals surface area contributed by atoms with Gasteiger partial charge in [0.05, 0.1) is 12.5 Å². The van der Waals surface area contributed by atoms with E-state index in [2.05, 4.69) is 15.5 Å². The van der Waals surface area contributed by atoms with Gasteiger partial charge in [0.2, 0.25) is 5.91 Å². The zero-order valence-electron chi connectivity index (χ0n) is 9.07. The van der Waals surface area contributed by atoms with E-state index >= 15 is 0 Å². The van der Waals surface area contributed by atoms with E-state index in [9.17, 15) is 9.59 Å². The molecule has 0 radical (unpaired) electrons. The Hall–Kier alpha value is -2.09. The largest absolute Gasteiger partial charge is 0.480 e. The molecule has 1 aromatic rings. The molecule has 0 aliphatic carbocycles. The Balaban J connectivity index is 2.03. The third-order valence-corrected chi connectivity index (χ3v) is 3.08. The van der Waals surface area contributed by atoms with Crippen LogP contribution in [0.5, 0.6) is 0 Å². The number of carboxylic acid groups (broad SMARTS) is 1.